The van der Waals surface area contributed by atoms with E-state index in [4.69, 9.17) is 4.74 Å². The van der Waals surface area contributed by atoms with Crippen LogP contribution in [-0.2, 0) is 9.84 Å². The summed E-state index contributed by atoms with van der Waals surface area (Å²) in [7, 11) is -2.19. The average Bonchev–Trinajstić information content (AvgIpc) is 3.10. The van der Waals surface area contributed by atoms with Crippen molar-refractivity contribution < 1.29 is 13.2 Å². The molecule has 0 spiro atoms. The molecule has 0 saturated carbocycles. The molecule has 1 aromatic heterocycles. The second-order valence-electron chi connectivity index (χ2n) is 6.88. The number of benzene rings is 3. The highest BCUT2D eigenvalue weighted by molar-refractivity contribution is 7.91. The molecule has 5 heteroatoms. The SMILES string of the molecule is COc1ccc(S(=O)(=O)c2c(-c3cccc(C)c3)[nH]c3c(C)cccc23)cc1. The molecule has 3 aromatic carbocycles. The van der Waals surface area contributed by atoms with E-state index in [0.717, 1.165) is 22.2 Å². The summed E-state index contributed by atoms with van der Waals surface area (Å²) in [6.45, 7) is 3.97. The maximum atomic E-state index is 13.6. The van der Waals surface area contributed by atoms with E-state index in [0.29, 0.717) is 21.7 Å². The number of hydrogen-bond acceptors (Lipinski definition) is 3. The first-order valence-corrected chi connectivity index (χ1v) is 10.5. The van der Waals surface area contributed by atoms with Crippen molar-refractivity contribution in [2.45, 2.75) is 23.6 Å². The van der Waals surface area contributed by atoms with E-state index in [9.17, 15) is 8.42 Å². The number of methoxy groups -OCH3 is 1. The average molecular weight is 391 g/mol. The molecule has 4 aromatic rings. The smallest absolute Gasteiger partial charge is 0.209 e. The lowest BCUT2D eigenvalue weighted by Gasteiger charge is -2.09. The van der Waals surface area contributed by atoms with Gasteiger partial charge in [-0.1, -0.05) is 42.0 Å². The Morgan fingerprint density at radius 1 is 0.893 bits per heavy atom. The van der Waals surface area contributed by atoms with Crippen LogP contribution >= 0.6 is 0 Å². The molecule has 142 valence electrons. The number of aryl methyl sites for hydroxylation is 2. The van der Waals surface area contributed by atoms with Crippen LogP contribution in [0.5, 0.6) is 5.75 Å². The summed E-state index contributed by atoms with van der Waals surface area (Å²) in [6.07, 6.45) is 0. The summed E-state index contributed by atoms with van der Waals surface area (Å²) in [6, 6.07) is 20.1. The van der Waals surface area contributed by atoms with Crippen LogP contribution in [-0.4, -0.2) is 20.5 Å². The standard InChI is InChI=1S/C23H21NO3S/c1-15-6-4-8-17(14-15)22-23(20-9-5-7-16(2)21(20)24-22)28(25,26)19-12-10-18(27-3)11-13-19/h4-14,24H,1-3H3. The van der Waals surface area contributed by atoms with Crippen molar-refractivity contribution in [2.24, 2.45) is 0 Å². The molecule has 0 atom stereocenters. The van der Waals surface area contributed by atoms with Crippen molar-refractivity contribution in [1.29, 1.82) is 0 Å². The lowest BCUT2D eigenvalue weighted by molar-refractivity contribution is 0.414. The number of aromatic amines is 1. The van der Waals surface area contributed by atoms with Gasteiger partial charge in [-0.25, -0.2) is 8.42 Å². The molecule has 0 unspecified atom stereocenters. The van der Waals surface area contributed by atoms with Gasteiger partial charge in [0.15, 0.2) is 0 Å². The minimum Gasteiger partial charge on any atom is -0.497 e. The third-order valence-electron chi connectivity index (χ3n) is 4.94. The molecule has 1 heterocycles. The number of ether oxygens (including phenoxy) is 1. The number of para-hydroxylation sites is 1. The Bertz CT molecular complexity index is 1270. The van der Waals surface area contributed by atoms with Gasteiger partial charge >= 0.3 is 0 Å². The Balaban J connectivity index is 2.04. The van der Waals surface area contributed by atoms with Crippen LogP contribution in [0.15, 0.2) is 76.5 Å². The zero-order valence-corrected chi connectivity index (χ0v) is 16.8. The third kappa shape index (κ3) is 2.98. The second-order valence-corrected chi connectivity index (χ2v) is 8.76. The van der Waals surface area contributed by atoms with Gasteiger partial charge in [-0.15, -0.1) is 0 Å². The van der Waals surface area contributed by atoms with Gasteiger partial charge < -0.3 is 9.72 Å². The zero-order valence-electron chi connectivity index (χ0n) is 16.0. The van der Waals surface area contributed by atoms with Crippen LogP contribution in [0.4, 0.5) is 0 Å². The number of rotatable bonds is 4. The van der Waals surface area contributed by atoms with Crippen LogP contribution in [0.25, 0.3) is 22.2 Å². The monoisotopic (exact) mass is 391 g/mol. The highest BCUT2D eigenvalue weighted by Crippen LogP contribution is 2.38. The summed E-state index contributed by atoms with van der Waals surface area (Å²) in [5.41, 5.74) is 4.38. The fourth-order valence-electron chi connectivity index (χ4n) is 3.50. The van der Waals surface area contributed by atoms with Crippen molar-refractivity contribution in [3.05, 3.63) is 77.9 Å². The number of sulfone groups is 1. The number of nitrogens with one attached hydrogen (secondary N) is 1. The van der Waals surface area contributed by atoms with Gasteiger partial charge in [-0.05, 0) is 55.3 Å². The van der Waals surface area contributed by atoms with Crippen LogP contribution in [0.1, 0.15) is 11.1 Å². The molecule has 4 nitrogen and oxygen atoms in total. The molecule has 0 fully saturated rings. The van der Waals surface area contributed by atoms with Gasteiger partial charge in [-0.3, -0.25) is 0 Å². The van der Waals surface area contributed by atoms with Crippen molar-refractivity contribution in [2.75, 3.05) is 7.11 Å². The molecular weight excluding hydrogens is 370 g/mol. The maximum Gasteiger partial charge on any atom is 0.209 e. The predicted molar refractivity (Wildman–Crippen MR) is 112 cm³/mol. The first kappa shape index (κ1) is 18.3. The van der Waals surface area contributed by atoms with Gasteiger partial charge in [0, 0.05) is 5.39 Å². The van der Waals surface area contributed by atoms with Crippen molar-refractivity contribution in [3.63, 3.8) is 0 Å². The minimum absolute atomic E-state index is 0.240. The van der Waals surface area contributed by atoms with E-state index in [1.165, 1.54) is 0 Å². The Kier molecular flexibility index (Phi) is 4.47. The molecule has 4 rings (SSSR count). The second kappa shape index (κ2) is 6.84. The first-order chi connectivity index (χ1) is 13.4. The zero-order chi connectivity index (χ0) is 19.9. The molecule has 0 radical (unpaired) electrons. The van der Waals surface area contributed by atoms with Gasteiger partial charge in [0.2, 0.25) is 9.84 Å². The van der Waals surface area contributed by atoms with E-state index < -0.39 is 9.84 Å². The van der Waals surface area contributed by atoms with Crippen LogP contribution in [0, 0.1) is 13.8 Å². The van der Waals surface area contributed by atoms with Gasteiger partial charge in [-0.2, -0.15) is 0 Å². The summed E-state index contributed by atoms with van der Waals surface area (Å²) in [5.74, 6) is 0.618. The van der Waals surface area contributed by atoms with Gasteiger partial charge in [0.25, 0.3) is 0 Å². The fraction of sp³-hybridized carbons (Fsp3) is 0.130. The van der Waals surface area contributed by atoms with Gasteiger partial charge in [0.1, 0.15) is 10.6 Å². The van der Waals surface area contributed by atoms with Crippen molar-refractivity contribution in [3.8, 4) is 17.0 Å². The maximum absolute atomic E-state index is 13.6. The predicted octanol–water partition coefficient (Wildman–Crippen LogP) is 5.29. The number of H-pyrrole nitrogens is 1. The molecule has 28 heavy (non-hydrogen) atoms. The van der Waals surface area contributed by atoms with E-state index in [-0.39, 0.29) is 4.90 Å². The highest BCUT2D eigenvalue weighted by Gasteiger charge is 2.27. The Labute approximate surface area is 164 Å². The summed E-state index contributed by atoms with van der Waals surface area (Å²) in [5, 5.41) is 0.701. The quantitative estimate of drug-likeness (QED) is 0.514. The molecule has 0 bridgehead atoms. The fourth-order valence-corrected chi connectivity index (χ4v) is 5.12. The van der Waals surface area contributed by atoms with Crippen molar-refractivity contribution >= 4 is 20.7 Å². The van der Waals surface area contributed by atoms with E-state index >= 15 is 0 Å². The normalized spacial score (nSPS) is 11.7. The lowest BCUT2D eigenvalue weighted by Crippen LogP contribution is -2.03. The third-order valence-corrected chi connectivity index (χ3v) is 6.79. The lowest BCUT2D eigenvalue weighted by atomic mass is 10.1. The highest BCUT2D eigenvalue weighted by atomic mass is 32.2. The Morgan fingerprint density at radius 2 is 1.61 bits per heavy atom. The molecular formula is C23H21NO3S. The van der Waals surface area contributed by atoms with E-state index in [2.05, 4.69) is 4.98 Å². The van der Waals surface area contributed by atoms with Crippen LogP contribution < -0.4 is 4.74 Å². The van der Waals surface area contributed by atoms with Crippen LogP contribution in [0.3, 0.4) is 0 Å². The van der Waals surface area contributed by atoms with Crippen molar-refractivity contribution in [1.82, 2.24) is 4.98 Å². The topological polar surface area (TPSA) is 59.2 Å². The number of hydrogen-bond donors (Lipinski definition) is 1. The first-order valence-electron chi connectivity index (χ1n) is 8.99. The summed E-state index contributed by atoms with van der Waals surface area (Å²) >= 11 is 0. The minimum atomic E-state index is -3.74. The molecule has 0 saturated heterocycles. The summed E-state index contributed by atoms with van der Waals surface area (Å²) < 4.78 is 32.4. The Hall–Kier alpha value is -3.05. The van der Waals surface area contributed by atoms with Crippen LogP contribution in [0.2, 0.25) is 0 Å². The number of fused-ring (bicyclic) bond motifs is 1. The summed E-state index contributed by atoms with van der Waals surface area (Å²) in [4.78, 5) is 3.92. The van der Waals surface area contributed by atoms with E-state index in [1.54, 1.807) is 31.4 Å². The molecule has 0 aliphatic carbocycles. The molecule has 0 amide bonds. The molecule has 0 aliphatic rings. The largest absolute Gasteiger partial charge is 0.497 e. The molecule has 0 aliphatic heterocycles. The Morgan fingerprint density at radius 3 is 2.29 bits per heavy atom. The number of aromatic nitrogens is 1. The van der Waals surface area contributed by atoms with Gasteiger partial charge in [0.05, 0.1) is 23.2 Å². The van der Waals surface area contributed by atoms with E-state index in [1.807, 2.05) is 56.3 Å². The molecule has 1 N–H and O–H groups in total.